The minimum atomic E-state index is -0.325. The highest BCUT2D eigenvalue weighted by Gasteiger charge is 2.14. The predicted octanol–water partition coefficient (Wildman–Crippen LogP) is 4.52. The molecule has 6 heteroatoms. The summed E-state index contributed by atoms with van der Waals surface area (Å²) in [4.78, 5) is 22.0. The number of halogens is 1. The van der Waals surface area contributed by atoms with Crippen molar-refractivity contribution in [1.29, 1.82) is 0 Å². The zero-order valence-corrected chi connectivity index (χ0v) is 16.6. The number of pyridine rings is 3. The average Bonchev–Trinajstić information content (AvgIpc) is 3.11. The molecule has 0 aliphatic carbocycles. The Kier molecular flexibility index (Phi) is 4.20. The van der Waals surface area contributed by atoms with E-state index in [1.54, 1.807) is 29.2 Å². The lowest BCUT2D eigenvalue weighted by Crippen LogP contribution is -2.20. The molecule has 0 aliphatic heterocycles. The monoisotopic (exact) mass is 398 g/mol. The summed E-state index contributed by atoms with van der Waals surface area (Å²) in [7, 11) is 0. The Morgan fingerprint density at radius 3 is 2.70 bits per heavy atom. The maximum Gasteiger partial charge on any atom is 0.260 e. The standard InChI is InChI=1S/C24H19FN4O/c1-15-6-7-22-27-17(14-29(22)12-15)13-28-9-8-18-19(10-26-11-20(18)24(28)30)23-16(2)4-3-5-21(23)25/h3-12,14H,13H2,1-2H3. The Morgan fingerprint density at radius 2 is 1.87 bits per heavy atom. The van der Waals surface area contributed by atoms with Crippen molar-refractivity contribution < 1.29 is 4.39 Å². The lowest BCUT2D eigenvalue weighted by molar-refractivity contribution is 0.630. The lowest BCUT2D eigenvalue weighted by Gasteiger charge is -2.11. The van der Waals surface area contributed by atoms with Gasteiger partial charge in [0.15, 0.2) is 0 Å². The van der Waals surface area contributed by atoms with Crippen molar-refractivity contribution in [3.05, 3.63) is 100 Å². The molecular formula is C24H19FN4O. The molecule has 5 rings (SSSR count). The summed E-state index contributed by atoms with van der Waals surface area (Å²) in [6, 6.07) is 10.8. The third-order valence-electron chi connectivity index (χ3n) is 5.37. The summed E-state index contributed by atoms with van der Waals surface area (Å²) in [5.41, 5.74) is 4.48. The Hall–Kier alpha value is -3.80. The van der Waals surface area contributed by atoms with E-state index in [0.29, 0.717) is 28.4 Å². The smallest absolute Gasteiger partial charge is 0.260 e. The number of nitrogens with zero attached hydrogens (tertiary/aromatic N) is 4. The fourth-order valence-electron chi connectivity index (χ4n) is 3.91. The van der Waals surface area contributed by atoms with Crippen LogP contribution in [0.3, 0.4) is 0 Å². The Labute approximate surface area is 172 Å². The quantitative estimate of drug-likeness (QED) is 0.449. The summed E-state index contributed by atoms with van der Waals surface area (Å²) >= 11 is 0. The van der Waals surface area contributed by atoms with Gasteiger partial charge in [-0.25, -0.2) is 9.37 Å². The van der Waals surface area contributed by atoms with Crippen molar-refractivity contribution in [2.75, 3.05) is 0 Å². The van der Waals surface area contributed by atoms with E-state index >= 15 is 0 Å². The molecule has 148 valence electrons. The third-order valence-corrected chi connectivity index (χ3v) is 5.37. The van der Waals surface area contributed by atoms with Gasteiger partial charge in [0.05, 0.1) is 17.6 Å². The minimum absolute atomic E-state index is 0.177. The summed E-state index contributed by atoms with van der Waals surface area (Å²) in [6.45, 7) is 4.22. The Morgan fingerprint density at radius 1 is 1.00 bits per heavy atom. The van der Waals surface area contributed by atoms with Gasteiger partial charge in [-0.05, 0) is 48.6 Å². The van der Waals surface area contributed by atoms with E-state index in [1.807, 2.05) is 54.9 Å². The van der Waals surface area contributed by atoms with Crippen LogP contribution in [0, 0.1) is 19.7 Å². The first-order valence-electron chi connectivity index (χ1n) is 9.68. The largest absolute Gasteiger partial charge is 0.309 e. The zero-order valence-electron chi connectivity index (χ0n) is 16.6. The molecule has 0 N–H and O–H groups in total. The predicted molar refractivity (Wildman–Crippen MR) is 115 cm³/mol. The molecule has 5 aromatic rings. The molecule has 0 bridgehead atoms. The van der Waals surface area contributed by atoms with E-state index in [-0.39, 0.29) is 11.4 Å². The SMILES string of the molecule is Cc1ccc2nc(Cn3ccc4c(-c5c(C)cccc5F)cncc4c3=O)cn2c1. The maximum absolute atomic E-state index is 14.5. The average molecular weight is 398 g/mol. The van der Waals surface area contributed by atoms with Crippen LogP contribution in [-0.2, 0) is 6.54 Å². The molecule has 1 aromatic carbocycles. The molecule has 0 spiro atoms. The van der Waals surface area contributed by atoms with Crippen LogP contribution in [0.1, 0.15) is 16.8 Å². The number of fused-ring (bicyclic) bond motifs is 2. The zero-order chi connectivity index (χ0) is 20.8. The summed E-state index contributed by atoms with van der Waals surface area (Å²) in [5, 5.41) is 1.14. The molecule has 0 amide bonds. The van der Waals surface area contributed by atoms with Crippen molar-refractivity contribution in [3.63, 3.8) is 0 Å². The number of rotatable bonds is 3. The number of benzene rings is 1. The minimum Gasteiger partial charge on any atom is -0.309 e. The summed E-state index contributed by atoms with van der Waals surface area (Å²) in [6.07, 6.45) is 8.82. The Balaban J connectivity index is 1.62. The van der Waals surface area contributed by atoms with Crippen LogP contribution in [0.5, 0.6) is 0 Å². The maximum atomic E-state index is 14.5. The molecule has 0 radical (unpaired) electrons. The first-order chi connectivity index (χ1) is 14.5. The van der Waals surface area contributed by atoms with Crippen molar-refractivity contribution in [2.24, 2.45) is 0 Å². The number of hydrogen-bond acceptors (Lipinski definition) is 3. The molecule has 5 nitrogen and oxygen atoms in total. The van der Waals surface area contributed by atoms with Gasteiger partial charge in [-0.1, -0.05) is 18.2 Å². The van der Waals surface area contributed by atoms with Crippen molar-refractivity contribution >= 4 is 16.4 Å². The van der Waals surface area contributed by atoms with E-state index < -0.39 is 0 Å². The van der Waals surface area contributed by atoms with Crippen LogP contribution in [-0.4, -0.2) is 18.9 Å². The van der Waals surface area contributed by atoms with Gasteiger partial charge in [-0.2, -0.15) is 0 Å². The number of aromatic nitrogens is 4. The van der Waals surface area contributed by atoms with Gasteiger partial charge in [-0.15, -0.1) is 0 Å². The highest BCUT2D eigenvalue weighted by Crippen LogP contribution is 2.31. The lowest BCUT2D eigenvalue weighted by atomic mass is 9.97. The van der Waals surface area contributed by atoms with E-state index in [1.165, 1.54) is 6.07 Å². The molecular weight excluding hydrogens is 379 g/mol. The van der Waals surface area contributed by atoms with Gasteiger partial charge >= 0.3 is 0 Å². The van der Waals surface area contributed by atoms with Gasteiger partial charge in [0.2, 0.25) is 0 Å². The fourth-order valence-corrected chi connectivity index (χ4v) is 3.91. The molecule has 4 aromatic heterocycles. The van der Waals surface area contributed by atoms with Gasteiger partial charge in [0.25, 0.3) is 5.56 Å². The molecule has 0 atom stereocenters. The van der Waals surface area contributed by atoms with Crippen molar-refractivity contribution in [1.82, 2.24) is 18.9 Å². The van der Waals surface area contributed by atoms with Gasteiger partial charge < -0.3 is 8.97 Å². The van der Waals surface area contributed by atoms with Crippen LogP contribution < -0.4 is 5.56 Å². The first kappa shape index (κ1) is 18.2. The Bertz CT molecular complexity index is 1460. The summed E-state index contributed by atoms with van der Waals surface area (Å²) in [5.74, 6) is -0.325. The second kappa shape index (κ2) is 6.91. The molecule has 0 aliphatic rings. The molecule has 0 saturated heterocycles. The topological polar surface area (TPSA) is 52.2 Å². The molecule has 0 saturated carbocycles. The van der Waals surface area contributed by atoms with Gasteiger partial charge in [-0.3, -0.25) is 9.78 Å². The highest BCUT2D eigenvalue weighted by atomic mass is 19.1. The fraction of sp³-hybridized carbons (Fsp3) is 0.125. The molecule has 0 fully saturated rings. The van der Waals surface area contributed by atoms with Crippen LogP contribution in [0.15, 0.2) is 72.2 Å². The van der Waals surface area contributed by atoms with Crippen LogP contribution in [0.25, 0.3) is 27.5 Å². The van der Waals surface area contributed by atoms with Crippen molar-refractivity contribution in [2.45, 2.75) is 20.4 Å². The third kappa shape index (κ3) is 2.97. The van der Waals surface area contributed by atoms with Gasteiger partial charge in [0, 0.05) is 42.1 Å². The normalized spacial score (nSPS) is 11.4. The number of imidazole rings is 1. The van der Waals surface area contributed by atoms with Crippen LogP contribution in [0.2, 0.25) is 0 Å². The molecule has 30 heavy (non-hydrogen) atoms. The highest BCUT2D eigenvalue weighted by molar-refractivity contribution is 5.96. The van der Waals surface area contributed by atoms with Crippen LogP contribution in [0.4, 0.5) is 4.39 Å². The second-order valence-corrected chi connectivity index (χ2v) is 7.53. The first-order valence-corrected chi connectivity index (χ1v) is 9.68. The number of aryl methyl sites for hydroxylation is 2. The van der Waals surface area contributed by atoms with E-state index in [4.69, 9.17) is 0 Å². The van der Waals surface area contributed by atoms with Crippen LogP contribution >= 0.6 is 0 Å². The number of hydrogen-bond donors (Lipinski definition) is 0. The second-order valence-electron chi connectivity index (χ2n) is 7.53. The van der Waals surface area contributed by atoms with Gasteiger partial charge in [0.1, 0.15) is 11.5 Å². The van der Waals surface area contributed by atoms with E-state index in [9.17, 15) is 9.18 Å². The molecule has 0 unspecified atom stereocenters. The van der Waals surface area contributed by atoms with Crippen molar-refractivity contribution in [3.8, 4) is 11.1 Å². The van der Waals surface area contributed by atoms with E-state index in [2.05, 4.69) is 9.97 Å². The van der Waals surface area contributed by atoms with E-state index in [0.717, 1.165) is 22.5 Å². The summed E-state index contributed by atoms with van der Waals surface area (Å²) < 4.78 is 18.1. The molecule has 4 heterocycles.